The number of benzene rings is 1. The van der Waals surface area contributed by atoms with E-state index in [9.17, 15) is 5.11 Å². The first-order valence-electron chi connectivity index (χ1n) is 5.99. The number of hydrogen-bond acceptors (Lipinski definition) is 4. The van der Waals surface area contributed by atoms with Crippen LogP contribution in [0.15, 0.2) is 18.2 Å². The Bertz CT molecular complexity index is 395. The number of anilines is 2. The molecule has 1 aromatic rings. The number of nitrogen functional groups attached to an aromatic ring is 1. The summed E-state index contributed by atoms with van der Waals surface area (Å²) in [5.74, 6) is 1.05. The first kappa shape index (κ1) is 12.0. The molecule has 1 heterocycles. The Morgan fingerprint density at radius 3 is 2.88 bits per heavy atom. The van der Waals surface area contributed by atoms with Crippen LogP contribution in [0.3, 0.4) is 0 Å². The predicted octanol–water partition coefficient (Wildman–Crippen LogP) is 1.48. The van der Waals surface area contributed by atoms with Crippen LogP contribution in [0.1, 0.15) is 13.3 Å². The normalized spacial score (nSPS) is 24.8. The molecule has 0 aromatic heterocycles. The number of para-hydroxylation sites is 1. The van der Waals surface area contributed by atoms with Gasteiger partial charge in [0.1, 0.15) is 5.75 Å². The maximum absolute atomic E-state index is 9.91. The molecule has 0 bridgehead atoms. The molecular formula is C13H20N2O2. The zero-order chi connectivity index (χ0) is 12.4. The SMILES string of the molecule is COc1cccc(N2CCC(C)C(O)C2)c1N. The van der Waals surface area contributed by atoms with E-state index in [0.29, 0.717) is 23.9 Å². The first-order valence-corrected chi connectivity index (χ1v) is 5.99. The third-order valence-electron chi connectivity index (χ3n) is 3.52. The summed E-state index contributed by atoms with van der Waals surface area (Å²) in [7, 11) is 1.61. The number of methoxy groups -OCH3 is 1. The Hall–Kier alpha value is -1.42. The average Bonchev–Trinajstić information content (AvgIpc) is 2.33. The van der Waals surface area contributed by atoms with Gasteiger partial charge < -0.3 is 20.5 Å². The lowest BCUT2D eigenvalue weighted by Crippen LogP contribution is -2.43. The Balaban J connectivity index is 2.23. The quantitative estimate of drug-likeness (QED) is 0.764. The predicted molar refractivity (Wildman–Crippen MR) is 69.4 cm³/mol. The Morgan fingerprint density at radius 2 is 2.24 bits per heavy atom. The van der Waals surface area contributed by atoms with Gasteiger partial charge in [-0.2, -0.15) is 0 Å². The van der Waals surface area contributed by atoms with Gasteiger partial charge in [-0.1, -0.05) is 13.0 Å². The molecule has 1 aromatic carbocycles. The molecule has 2 unspecified atom stereocenters. The highest BCUT2D eigenvalue weighted by molar-refractivity contribution is 5.74. The smallest absolute Gasteiger partial charge is 0.143 e. The maximum Gasteiger partial charge on any atom is 0.143 e. The van der Waals surface area contributed by atoms with E-state index in [4.69, 9.17) is 10.5 Å². The second-order valence-electron chi connectivity index (χ2n) is 4.67. The van der Waals surface area contributed by atoms with E-state index >= 15 is 0 Å². The molecule has 94 valence electrons. The fraction of sp³-hybridized carbons (Fsp3) is 0.538. The summed E-state index contributed by atoms with van der Waals surface area (Å²) in [5, 5.41) is 9.91. The zero-order valence-electron chi connectivity index (χ0n) is 10.4. The van der Waals surface area contributed by atoms with Crippen LogP contribution in [0, 0.1) is 5.92 Å². The third kappa shape index (κ3) is 2.31. The molecule has 0 spiro atoms. The molecule has 17 heavy (non-hydrogen) atoms. The summed E-state index contributed by atoms with van der Waals surface area (Å²) in [6.45, 7) is 3.64. The van der Waals surface area contributed by atoms with E-state index in [2.05, 4.69) is 11.8 Å². The van der Waals surface area contributed by atoms with Crippen molar-refractivity contribution in [3.63, 3.8) is 0 Å². The van der Waals surface area contributed by atoms with Crippen LogP contribution in [0.2, 0.25) is 0 Å². The van der Waals surface area contributed by atoms with Crippen molar-refractivity contribution >= 4 is 11.4 Å². The average molecular weight is 236 g/mol. The second kappa shape index (κ2) is 4.84. The number of aliphatic hydroxyl groups excluding tert-OH is 1. The van der Waals surface area contributed by atoms with E-state index in [1.54, 1.807) is 7.11 Å². The molecule has 0 aliphatic carbocycles. The molecule has 2 atom stereocenters. The van der Waals surface area contributed by atoms with Crippen LogP contribution >= 0.6 is 0 Å². The lowest BCUT2D eigenvalue weighted by molar-refractivity contribution is 0.103. The van der Waals surface area contributed by atoms with Crippen molar-refractivity contribution in [2.24, 2.45) is 5.92 Å². The monoisotopic (exact) mass is 236 g/mol. The first-order chi connectivity index (χ1) is 8.13. The largest absolute Gasteiger partial charge is 0.495 e. The number of nitrogens with two attached hydrogens (primary N) is 1. The molecule has 1 saturated heterocycles. The fourth-order valence-corrected chi connectivity index (χ4v) is 2.25. The maximum atomic E-state index is 9.91. The van der Waals surface area contributed by atoms with Crippen molar-refractivity contribution in [2.45, 2.75) is 19.4 Å². The van der Waals surface area contributed by atoms with Crippen LogP contribution in [0.4, 0.5) is 11.4 Å². The van der Waals surface area contributed by atoms with Crippen molar-refractivity contribution in [3.05, 3.63) is 18.2 Å². The second-order valence-corrected chi connectivity index (χ2v) is 4.67. The minimum atomic E-state index is -0.283. The highest BCUT2D eigenvalue weighted by Crippen LogP contribution is 2.34. The van der Waals surface area contributed by atoms with Crippen LogP contribution in [-0.2, 0) is 0 Å². The van der Waals surface area contributed by atoms with Gasteiger partial charge in [0.15, 0.2) is 0 Å². The van der Waals surface area contributed by atoms with Crippen LogP contribution in [-0.4, -0.2) is 31.4 Å². The van der Waals surface area contributed by atoms with Gasteiger partial charge in [-0.25, -0.2) is 0 Å². The summed E-state index contributed by atoms with van der Waals surface area (Å²) >= 11 is 0. The van der Waals surface area contributed by atoms with Crippen molar-refractivity contribution in [1.82, 2.24) is 0 Å². The van der Waals surface area contributed by atoms with E-state index in [1.807, 2.05) is 18.2 Å². The molecule has 4 nitrogen and oxygen atoms in total. The van der Waals surface area contributed by atoms with Crippen LogP contribution in [0.25, 0.3) is 0 Å². The van der Waals surface area contributed by atoms with Gasteiger partial charge in [0.2, 0.25) is 0 Å². The molecular weight excluding hydrogens is 216 g/mol. The molecule has 4 heteroatoms. The molecule has 1 fully saturated rings. The highest BCUT2D eigenvalue weighted by Gasteiger charge is 2.25. The zero-order valence-corrected chi connectivity index (χ0v) is 10.4. The molecule has 1 aliphatic rings. The lowest BCUT2D eigenvalue weighted by atomic mass is 9.95. The Labute approximate surface area is 102 Å². The Morgan fingerprint density at radius 1 is 1.47 bits per heavy atom. The number of β-amino-alcohol motifs (C(OH)–C–C–N with tert-alkyl or cyclic N) is 1. The molecule has 3 N–H and O–H groups in total. The van der Waals surface area contributed by atoms with E-state index in [-0.39, 0.29) is 6.10 Å². The van der Waals surface area contributed by atoms with Crippen molar-refractivity contribution in [2.75, 3.05) is 30.8 Å². The molecule has 1 aliphatic heterocycles. The summed E-state index contributed by atoms with van der Waals surface area (Å²) in [5.41, 5.74) is 7.66. The van der Waals surface area contributed by atoms with E-state index < -0.39 is 0 Å². The van der Waals surface area contributed by atoms with Crippen molar-refractivity contribution < 1.29 is 9.84 Å². The number of piperidine rings is 1. The van der Waals surface area contributed by atoms with Gasteiger partial charge >= 0.3 is 0 Å². The Kier molecular flexibility index (Phi) is 3.43. The number of aliphatic hydroxyl groups is 1. The molecule has 0 amide bonds. The van der Waals surface area contributed by atoms with Gasteiger partial charge in [0.05, 0.1) is 24.6 Å². The summed E-state index contributed by atoms with van der Waals surface area (Å²) in [6, 6.07) is 5.75. The number of nitrogens with zero attached hydrogens (tertiary/aromatic N) is 1. The van der Waals surface area contributed by atoms with Crippen LogP contribution < -0.4 is 15.4 Å². The minimum Gasteiger partial charge on any atom is -0.495 e. The highest BCUT2D eigenvalue weighted by atomic mass is 16.5. The molecule has 0 saturated carbocycles. The van der Waals surface area contributed by atoms with Gasteiger partial charge in [0, 0.05) is 13.1 Å². The summed E-state index contributed by atoms with van der Waals surface area (Å²) in [6.07, 6.45) is 0.701. The van der Waals surface area contributed by atoms with Gasteiger partial charge in [-0.15, -0.1) is 0 Å². The van der Waals surface area contributed by atoms with Gasteiger partial charge in [-0.3, -0.25) is 0 Å². The van der Waals surface area contributed by atoms with Crippen LogP contribution in [0.5, 0.6) is 5.75 Å². The standard InChI is InChI=1S/C13H20N2O2/c1-9-6-7-15(8-11(9)16)10-4-3-5-12(17-2)13(10)14/h3-5,9,11,16H,6-8,14H2,1-2H3. The minimum absolute atomic E-state index is 0.283. The van der Waals surface area contributed by atoms with E-state index in [0.717, 1.165) is 18.7 Å². The number of rotatable bonds is 2. The fourth-order valence-electron chi connectivity index (χ4n) is 2.25. The molecule has 2 rings (SSSR count). The number of ether oxygens (including phenoxy) is 1. The molecule has 0 radical (unpaired) electrons. The van der Waals surface area contributed by atoms with Crippen molar-refractivity contribution in [3.8, 4) is 5.75 Å². The van der Waals surface area contributed by atoms with Gasteiger partial charge in [0.25, 0.3) is 0 Å². The van der Waals surface area contributed by atoms with Crippen molar-refractivity contribution in [1.29, 1.82) is 0 Å². The summed E-state index contributed by atoms with van der Waals surface area (Å²) in [4.78, 5) is 2.13. The number of hydrogen-bond donors (Lipinski definition) is 2. The topological polar surface area (TPSA) is 58.7 Å². The summed E-state index contributed by atoms with van der Waals surface area (Å²) < 4.78 is 5.21. The van der Waals surface area contributed by atoms with Gasteiger partial charge in [-0.05, 0) is 24.5 Å². The lowest BCUT2D eigenvalue weighted by Gasteiger charge is -2.36. The van der Waals surface area contributed by atoms with E-state index in [1.165, 1.54) is 0 Å². The third-order valence-corrected chi connectivity index (χ3v) is 3.52.